The van der Waals surface area contributed by atoms with Gasteiger partial charge in [0.05, 0.1) is 34.8 Å². The van der Waals surface area contributed by atoms with Crippen molar-refractivity contribution in [1.29, 1.82) is 5.26 Å². The molecule has 3 rings (SSSR count). The average molecular weight is 358 g/mol. The summed E-state index contributed by atoms with van der Waals surface area (Å²) in [6.07, 6.45) is 4.68. The van der Waals surface area contributed by atoms with Gasteiger partial charge in [0.2, 0.25) is 0 Å². The molecule has 1 spiro atoms. The Morgan fingerprint density at radius 1 is 1.48 bits per heavy atom. The zero-order chi connectivity index (χ0) is 15.0. The molecule has 1 aliphatic carbocycles. The maximum atomic E-state index is 11.3. The summed E-state index contributed by atoms with van der Waals surface area (Å²) in [7, 11) is 0. The zero-order valence-electron chi connectivity index (χ0n) is 12.1. The fraction of sp³-hybridized carbons (Fsp3) is 0.867. The Labute approximate surface area is 133 Å². The summed E-state index contributed by atoms with van der Waals surface area (Å²) in [5, 5.41) is 8.73. The van der Waals surface area contributed by atoms with Crippen molar-refractivity contribution >= 4 is 21.9 Å². The first-order valence-corrected chi connectivity index (χ1v) is 8.47. The molecule has 116 valence electrons. The van der Waals surface area contributed by atoms with Crippen LogP contribution in [0.3, 0.4) is 0 Å². The van der Waals surface area contributed by atoms with E-state index in [0.717, 1.165) is 32.1 Å². The highest BCUT2D eigenvalue weighted by Crippen LogP contribution is 2.51. The second kappa shape index (κ2) is 5.86. The zero-order valence-corrected chi connectivity index (χ0v) is 13.7. The van der Waals surface area contributed by atoms with Gasteiger partial charge < -0.3 is 14.2 Å². The summed E-state index contributed by atoms with van der Waals surface area (Å²) >= 11 is 3.64. The van der Waals surface area contributed by atoms with Gasteiger partial charge in [-0.3, -0.25) is 4.79 Å². The highest BCUT2D eigenvalue weighted by molar-refractivity contribution is 9.09. The number of esters is 1. The van der Waals surface area contributed by atoms with E-state index in [0.29, 0.717) is 6.42 Å². The second-order valence-electron chi connectivity index (χ2n) is 6.24. The Bertz CT molecular complexity index is 465. The predicted molar refractivity (Wildman–Crippen MR) is 77.8 cm³/mol. The number of fused-ring (bicyclic) bond motifs is 1. The van der Waals surface area contributed by atoms with Crippen molar-refractivity contribution in [2.24, 2.45) is 0 Å². The number of ether oxygens (including phenoxy) is 3. The maximum absolute atomic E-state index is 11.3. The number of nitriles is 1. The van der Waals surface area contributed by atoms with E-state index in [-0.39, 0.29) is 40.8 Å². The molecule has 2 bridgehead atoms. The van der Waals surface area contributed by atoms with Crippen molar-refractivity contribution in [3.63, 3.8) is 0 Å². The second-order valence-corrected chi connectivity index (χ2v) is 7.42. The smallest absolute Gasteiger partial charge is 0.303 e. The Morgan fingerprint density at radius 2 is 2.29 bits per heavy atom. The Morgan fingerprint density at radius 3 is 3.00 bits per heavy atom. The first-order chi connectivity index (χ1) is 10.0. The van der Waals surface area contributed by atoms with Gasteiger partial charge in [-0.05, 0) is 25.7 Å². The molecule has 21 heavy (non-hydrogen) atoms. The van der Waals surface area contributed by atoms with Gasteiger partial charge in [-0.15, -0.1) is 0 Å². The van der Waals surface area contributed by atoms with Crippen LogP contribution in [-0.4, -0.2) is 40.8 Å². The molecule has 6 atom stereocenters. The summed E-state index contributed by atoms with van der Waals surface area (Å²) in [6.45, 7) is 1.43. The SMILES string of the molecule is CC(=O)O[C@@H]1C(Br)C[C@]23CC1O[C@H]2CCC(CCC#N)O3. The van der Waals surface area contributed by atoms with Gasteiger partial charge in [0.15, 0.2) is 0 Å². The highest BCUT2D eigenvalue weighted by atomic mass is 79.9. The molecule has 5 nitrogen and oxygen atoms in total. The van der Waals surface area contributed by atoms with Crippen molar-refractivity contribution in [1.82, 2.24) is 0 Å². The largest absolute Gasteiger partial charge is 0.459 e. The summed E-state index contributed by atoms with van der Waals surface area (Å²) < 4.78 is 17.9. The van der Waals surface area contributed by atoms with Crippen LogP contribution in [0.25, 0.3) is 0 Å². The van der Waals surface area contributed by atoms with Crippen LogP contribution < -0.4 is 0 Å². The van der Waals surface area contributed by atoms with Crippen LogP contribution in [0.4, 0.5) is 0 Å². The van der Waals surface area contributed by atoms with Crippen LogP contribution >= 0.6 is 15.9 Å². The maximum Gasteiger partial charge on any atom is 0.303 e. The molecule has 0 N–H and O–H groups in total. The van der Waals surface area contributed by atoms with Crippen molar-refractivity contribution in [2.45, 2.75) is 80.3 Å². The molecule has 0 amide bonds. The molecular formula is C15H20BrNO4. The lowest BCUT2D eigenvalue weighted by molar-refractivity contribution is -0.166. The third kappa shape index (κ3) is 2.84. The van der Waals surface area contributed by atoms with E-state index in [4.69, 9.17) is 19.5 Å². The number of carbonyl (C=O) groups excluding carboxylic acids is 1. The van der Waals surface area contributed by atoms with Crippen molar-refractivity contribution in [2.75, 3.05) is 0 Å². The summed E-state index contributed by atoms with van der Waals surface area (Å²) in [4.78, 5) is 11.3. The van der Waals surface area contributed by atoms with Gasteiger partial charge in [0.1, 0.15) is 6.10 Å². The van der Waals surface area contributed by atoms with Crippen LogP contribution in [0.2, 0.25) is 0 Å². The van der Waals surface area contributed by atoms with E-state index in [1.165, 1.54) is 6.92 Å². The third-order valence-corrected chi connectivity index (χ3v) is 5.61. The molecule has 2 saturated heterocycles. The summed E-state index contributed by atoms with van der Waals surface area (Å²) in [6, 6.07) is 2.19. The molecule has 2 aliphatic heterocycles. The molecule has 0 radical (unpaired) electrons. The molecular weight excluding hydrogens is 338 g/mol. The Balaban J connectivity index is 1.72. The van der Waals surface area contributed by atoms with Gasteiger partial charge in [-0.2, -0.15) is 5.26 Å². The molecule has 0 aromatic rings. The standard InChI is InChI=1S/C15H20BrNO4/c1-9(18)19-14-11(16)7-15-8-12(14)20-13(15)5-4-10(21-15)3-2-6-17/h10-14H,2-5,7-8H2,1H3/t10?,11?,12?,13-,14+,15-/m0/s1. The van der Waals surface area contributed by atoms with Crippen LogP contribution in [-0.2, 0) is 19.0 Å². The first-order valence-electron chi connectivity index (χ1n) is 7.55. The molecule has 3 fully saturated rings. The third-order valence-electron chi connectivity index (χ3n) is 4.77. The minimum atomic E-state index is -0.272. The van der Waals surface area contributed by atoms with E-state index >= 15 is 0 Å². The quantitative estimate of drug-likeness (QED) is 0.573. The van der Waals surface area contributed by atoms with E-state index in [1.54, 1.807) is 0 Å². The molecule has 3 unspecified atom stereocenters. The molecule has 1 saturated carbocycles. The van der Waals surface area contributed by atoms with Gasteiger partial charge in [0, 0.05) is 19.8 Å². The van der Waals surface area contributed by atoms with Crippen LogP contribution in [0.5, 0.6) is 0 Å². The fourth-order valence-corrected chi connectivity index (χ4v) is 4.94. The summed E-state index contributed by atoms with van der Waals surface area (Å²) in [5.74, 6) is -0.272. The molecule has 6 heteroatoms. The van der Waals surface area contributed by atoms with Crippen LogP contribution in [0, 0.1) is 11.3 Å². The monoisotopic (exact) mass is 357 g/mol. The lowest BCUT2D eigenvalue weighted by atomic mass is 9.77. The number of alkyl halides is 1. The molecule has 0 aromatic heterocycles. The van der Waals surface area contributed by atoms with Crippen molar-refractivity contribution in [3.8, 4) is 6.07 Å². The van der Waals surface area contributed by atoms with Crippen molar-refractivity contribution < 1.29 is 19.0 Å². The van der Waals surface area contributed by atoms with Gasteiger partial charge in [0.25, 0.3) is 0 Å². The van der Waals surface area contributed by atoms with E-state index in [9.17, 15) is 4.79 Å². The number of hydrogen-bond acceptors (Lipinski definition) is 5. The van der Waals surface area contributed by atoms with Gasteiger partial charge in [-0.1, -0.05) is 15.9 Å². The fourth-order valence-electron chi connectivity index (χ4n) is 3.94. The predicted octanol–water partition coefficient (Wildman–Crippen LogP) is 2.46. The van der Waals surface area contributed by atoms with E-state index < -0.39 is 0 Å². The van der Waals surface area contributed by atoms with E-state index in [1.807, 2.05) is 0 Å². The number of halogens is 1. The Kier molecular flexibility index (Phi) is 4.26. The minimum absolute atomic E-state index is 0.0554. The topological polar surface area (TPSA) is 68.5 Å². The number of carbonyl (C=O) groups is 1. The van der Waals surface area contributed by atoms with Crippen molar-refractivity contribution in [3.05, 3.63) is 0 Å². The van der Waals surface area contributed by atoms with E-state index in [2.05, 4.69) is 22.0 Å². The first kappa shape index (κ1) is 15.3. The molecule has 3 aliphatic rings. The number of hydrogen-bond donors (Lipinski definition) is 0. The number of rotatable bonds is 3. The summed E-state index contributed by atoms with van der Waals surface area (Å²) in [5.41, 5.74) is -0.270. The lowest BCUT2D eigenvalue weighted by Gasteiger charge is -2.45. The number of nitrogens with zero attached hydrogens (tertiary/aromatic N) is 1. The molecule has 0 aromatic carbocycles. The van der Waals surface area contributed by atoms with Gasteiger partial charge in [-0.25, -0.2) is 0 Å². The van der Waals surface area contributed by atoms with Gasteiger partial charge >= 0.3 is 5.97 Å². The Hall–Kier alpha value is -0.640. The lowest BCUT2D eigenvalue weighted by Crippen LogP contribution is -2.53. The average Bonchev–Trinajstić information content (AvgIpc) is 2.74. The highest BCUT2D eigenvalue weighted by Gasteiger charge is 2.60. The molecule has 2 heterocycles. The minimum Gasteiger partial charge on any atom is -0.459 e. The van der Waals surface area contributed by atoms with Crippen LogP contribution in [0.15, 0.2) is 0 Å². The van der Waals surface area contributed by atoms with Crippen LogP contribution in [0.1, 0.15) is 45.4 Å². The normalized spacial score (nSPS) is 44.7.